The van der Waals surface area contributed by atoms with Crippen molar-refractivity contribution in [2.24, 2.45) is 0 Å². The summed E-state index contributed by atoms with van der Waals surface area (Å²) < 4.78 is 5.57. The van der Waals surface area contributed by atoms with Crippen LogP contribution in [0.2, 0.25) is 0 Å². The van der Waals surface area contributed by atoms with Gasteiger partial charge in [-0.25, -0.2) is 0 Å². The summed E-state index contributed by atoms with van der Waals surface area (Å²) in [4.78, 5) is 20.0. The van der Waals surface area contributed by atoms with E-state index < -0.39 is 0 Å². The monoisotopic (exact) mass is 341 g/mol. The van der Waals surface area contributed by atoms with Crippen LogP contribution in [0.5, 0.6) is 0 Å². The Morgan fingerprint density at radius 2 is 2.08 bits per heavy atom. The number of carbonyl (C=O) groups excluding carboxylic acids is 1. The SMILES string of the molecule is CCN1C[C@@H](NC(=O)c2cc(C)nc3c(C)c(C)ccc23)[C@H](OC)C1. The number of likely N-dealkylation sites (tertiary alicyclic amines) is 1. The summed E-state index contributed by atoms with van der Waals surface area (Å²) in [5.41, 5.74) is 4.77. The lowest BCUT2D eigenvalue weighted by Gasteiger charge is -2.19. The van der Waals surface area contributed by atoms with Gasteiger partial charge >= 0.3 is 0 Å². The molecular formula is C20H27N3O2. The van der Waals surface area contributed by atoms with Crippen molar-refractivity contribution in [1.29, 1.82) is 0 Å². The van der Waals surface area contributed by atoms with Crippen LogP contribution >= 0.6 is 0 Å². The molecule has 5 nitrogen and oxygen atoms in total. The number of ether oxygens (including phenoxy) is 1. The average molecular weight is 341 g/mol. The number of nitrogens with one attached hydrogen (secondary N) is 1. The molecule has 134 valence electrons. The van der Waals surface area contributed by atoms with Crippen LogP contribution in [0.25, 0.3) is 10.9 Å². The van der Waals surface area contributed by atoms with Crippen LogP contribution in [-0.2, 0) is 4.74 Å². The van der Waals surface area contributed by atoms with Crippen LogP contribution in [0.1, 0.15) is 34.1 Å². The highest BCUT2D eigenvalue weighted by molar-refractivity contribution is 6.07. The fourth-order valence-corrected chi connectivity index (χ4v) is 3.58. The number of carbonyl (C=O) groups is 1. The predicted molar refractivity (Wildman–Crippen MR) is 100 cm³/mol. The number of fused-ring (bicyclic) bond motifs is 1. The van der Waals surface area contributed by atoms with E-state index in [0.29, 0.717) is 5.56 Å². The summed E-state index contributed by atoms with van der Waals surface area (Å²) in [6, 6.07) is 5.94. The van der Waals surface area contributed by atoms with Crippen molar-refractivity contribution in [3.63, 3.8) is 0 Å². The van der Waals surface area contributed by atoms with Gasteiger partial charge < -0.3 is 10.1 Å². The van der Waals surface area contributed by atoms with Crippen LogP contribution in [0.15, 0.2) is 18.2 Å². The molecule has 1 aliphatic rings. The number of pyridine rings is 1. The Bertz CT molecular complexity index is 803. The molecule has 1 aliphatic heterocycles. The number of hydrogen-bond donors (Lipinski definition) is 1. The zero-order chi connectivity index (χ0) is 18.1. The number of nitrogens with zero attached hydrogens (tertiary/aromatic N) is 2. The number of rotatable bonds is 4. The third-order valence-corrected chi connectivity index (χ3v) is 5.29. The number of amides is 1. The van der Waals surface area contributed by atoms with Crippen LogP contribution in [0.3, 0.4) is 0 Å². The van der Waals surface area contributed by atoms with E-state index in [2.05, 4.69) is 42.0 Å². The van der Waals surface area contributed by atoms with E-state index in [1.165, 1.54) is 5.56 Å². The van der Waals surface area contributed by atoms with E-state index in [4.69, 9.17) is 4.74 Å². The van der Waals surface area contributed by atoms with Crippen LogP contribution in [-0.4, -0.2) is 54.7 Å². The first kappa shape index (κ1) is 17.8. The Labute approximate surface area is 149 Å². The standard InChI is InChI=1S/C20H27N3O2/c1-6-23-10-17(18(11-23)25-5)22-20(24)16-9-13(3)21-19-14(4)12(2)7-8-15(16)19/h7-9,17-18H,6,10-11H2,1-5H3,(H,22,24)/t17-,18-/m1/s1. The minimum absolute atomic E-state index is 0.00696. The third-order valence-electron chi connectivity index (χ3n) is 5.29. The zero-order valence-corrected chi connectivity index (χ0v) is 15.7. The first-order chi connectivity index (χ1) is 11.9. The molecule has 2 heterocycles. The van der Waals surface area contributed by atoms with Gasteiger partial charge in [0.1, 0.15) is 0 Å². The van der Waals surface area contributed by atoms with E-state index >= 15 is 0 Å². The summed E-state index contributed by atoms with van der Waals surface area (Å²) in [5.74, 6) is -0.0521. The fraction of sp³-hybridized carbons (Fsp3) is 0.500. The molecule has 1 saturated heterocycles. The molecule has 1 fully saturated rings. The van der Waals surface area contributed by atoms with Crippen molar-refractivity contribution in [3.05, 3.63) is 40.6 Å². The summed E-state index contributed by atoms with van der Waals surface area (Å²) in [6.45, 7) is 10.8. The van der Waals surface area contributed by atoms with Gasteiger partial charge in [0.2, 0.25) is 0 Å². The van der Waals surface area contributed by atoms with Crippen molar-refractivity contribution in [2.45, 2.75) is 39.8 Å². The molecule has 1 aromatic heterocycles. The lowest BCUT2D eigenvalue weighted by Crippen LogP contribution is -2.43. The normalized spacial score (nSPS) is 21.0. The molecule has 25 heavy (non-hydrogen) atoms. The third kappa shape index (κ3) is 3.39. The van der Waals surface area contributed by atoms with E-state index in [9.17, 15) is 4.79 Å². The summed E-state index contributed by atoms with van der Waals surface area (Å²) >= 11 is 0. The smallest absolute Gasteiger partial charge is 0.252 e. The zero-order valence-electron chi connectivity index (χ0n) is 15.7. The minimum atomic E-state index is -0.0521. The summed E-state index contributed by atoms with van der Waals surface area (Å²) in [5, 5.41) is 4.09. The van der Waals surface area contributed by atoms with E-state index in [0.717, 1.165) is 41.8 Å². The molecule has 0 unspecified atom stereocenters. The summed E-state index contributed by atoms with van der Waals surface area (Å²) in [7, 11) is 1.71. The Balaban J connectivity index is 1.94. The molecule has 0 aliphatic carbocycles. The Morgan fingerprint density at radius 1 is 1.32 bits per heavy atom. The second kappa shape index (κ2) is 7.10. The lowest BCUT2D eigenvalue weighted by atomic mass is 10.0. The van der Waals surface area contributed by atoms with Gasteiger partial charge in [-0.2, -0.15) is 0 Å². The molecule has 2 atom stereocenters. The first-order valence-corrected chi connectivity index (χ1v) is 8.88. The topological polar surface area (TPSA) is 54.5 Å². The molecule has 3 rings (SSSR count). The van der Waals surface area contributed by atoms with Crippen molar-refractivity contribution < 1.29 is 9.53 Å². The maximum atomic E-state index is 13.0. The second-order valence-electron chi connectivity index (χ2n) is 6.92. The first-order valence-electron chi connectivity index (χ1n) is 8.88. The minimum Gasteiger partial charge on any atom is -0.378 e. The highest BCUT2D eigenvalue weighted by atomic mass is 16.5. The highest BCUT2D eigenvalue weighted by Crippen LogP contribution is 2.24. The predicted octanol–water partition coefficient (Wildman–Crippen LogP) is 2.61. The Morgan fingerprint density at radius 3 is 2.76 bits per heavy atom. The van der Waals surface area contributed by atoms with Gasteiger partial charge in [0, 0.05) is 31.3 Å². The summed E-state index contributed by atoms with van der Waals surface area (Å²) in [6.07, 6.45) is 0.0297. The molecule has 2 aromatic rings. The fourth-order valence-electron chi connectivity index (χ4n) is 3.58. The van der Waals surface area contributed by atoms with Gasteiger partial charge in [0.15, 0.2) is 0 Å². The van der Waals surface area contributed by atoms with Gasteiger partial charge in [-0.1, -0.05) is 19.1 Å². The van der Waals surface area contributed by atoms with Gasteiger partial charge in [0.05, 0.1) is 23.2 Å². The number of benzene rings is 1. The molecule has 1 N–H and O–H groups in total. The van der Waals surface area contributed by atoms with Crippen LogP contribution in [0.4, 0.5) is 0 Å². The average Bonchev–Trinajstić information content (AvgIpc) is 3.00. The molecular weight excluding hydrogens is 314 g/mol. The second-order valence-corrected chi connectivity index (χ2v) is 6.92. The number of hydrogen-bond acceptors (Lipinski definition) is 4. The maximum absolute atomic E-state index is 13.0. The molecule has 0 saturated carbocycles. The Kier molecular flexibility index (Phi) is 5.06. The maximum Gasteiger partial charge on any atom is 0.252 e. The number of methoxy groups -OCH3 is 1. The van der Waals surface area contributed by atoms with Gasteiger partial charge in [-0.3, -0.25) is 14.7 Å². The van der Waals surface area contributed by atoms with Crippen LogP contribution < -0.4 is 5.32 Å². The molecule has 1 aromatic carbocycles. The van der Waals surface area contributed by atoms with E-state index in [1.54, 1.807) is 7.11 Å². The van der Waals surface area contributed by atoms with Crippen molar-refractivity contribution >= 4 is 16.8 Å². The Hall–Kier alpha value is -1.98. The van der Waals surface area contributed by atoms with E-state index in [1.807, 2.05) is 19.1 Å². The largest absolute Gasteiger partial charge is 0.378 e. The van der Waals surface area contributed by atoms with Crippen molar-refractivity contribution in [1.82, 2.24) is 15.2 Å². The highest BCUT2D eigenvalue weighted by Gasteiger charge is 2.33. The number of likely N-dealkylation sites (N-methyl/N-ethyl adjacent to an activating group) is 1. The molecule has 5 heteroatoms. The molecule has 0 bridgehead atoms. The van der Waals surface area contributed by atoms with Gasteiger partial charge in [0.25, 0.3) is 5.91 Å². The van der Waals surface area contributed by atoms with Crippen molar-refractivity contribution in [2.75, 3.05) is 26.7 Å². The molecule has 0 radical (unpaired) electrons. The van der Waals surface area contributed by atoms with Gasteiger partial charge in [-0.05, 0) is 44.5 Å². The quantitative estimate of drug-likeness (QED) is 0.929. The van der Waals surface area contributed by atoms with E-state index in [-0.39, 0.29) is 18.1 Å². The lowest BCUT2D eigenvalue weighted by molar-refractivity contribution is 0.0763. The van der Waals surface area contributed by atoms with Crippen LogP contribution in [0, 0.1) is 20.8 Å². The molecule has 1 amide bonds. The number of aryl methyl sites for hydroxylation is 3. The van der Waals surface area contributed by atoms with Gasteiger partial charge in [-0.15, -0.1) is 0 Å². The van der Waals surface area contributed by atoms with Crippen molar-refractivity contribution in [3.8, 4) is 0 Å². The number of aromatic nitrogens is 1. The molecule has 0 spiro atoms.